The van der Waals surface area contributed by atoms with Gasteiger partial charge in [0.1, 0.15) is 0 Å². The lowest BCUT2D eigenvalue weighted by atomic mass is 10.1. The van der Waals surface area contributed by atoms with Crippen molar-refractivity contribution in [1.82, 2.24) is 4.98 Å². The fourth-order valence-corrected chi connectivity index (χ4v) is 1.66. The molecule has 2 aromatic rings. The Morgan fingerprint density at radius 2 is 1.94 bits per heavy atom. The number of aromatic nitrogens is 1. The molecule has 3 heteroatoms. The molecule has 2 N–H and O–H groups in total. The number of para-hydroxylation sites is 1. The number of aryl methyl sites for hydroxylation is 1. The standard InChI is InChI=1S/C14H16N2O/c1-11-7-8-12(9-15-11)14(10-17)16-13-5-3-2-4-6-13/h2-9,14,16-17H,10H2,1H3. The van der Waals surface area contributed by atoms with Crippen LogP contribution in [0.5, 0.6) is 0 Å². The van der Waals surface area contributed by atoms with E-state index in [4.69, 9.17) is 0 Å². The first-order chi connectivity index (χ1) is 8.29. The summed E-state index contributed by atoms with van der Waals surface area (Å²) in [5, 5.41) is 12.7. The molecule has 0 spiro atoms. The van der Waals surface area contributed by atoms with E-state index in [0.29, 0.717) is 0 Å². The molecule has 0 saturated carbocycles. The van der Waals surface area contributed by atoms with Crippen LogP contribution in [0.3, 0.4) is 0 Å². The van der Waals surface area contributed by atoms with Crippen LogP contribution < -0.4 is 5.32 Å². The van der Waals surface area contributed by atoms with E-state index in [-0.39, 0.29) is 12.6 Å². The minimum absolute atomic E-state index is 0.0413. The highest BCUT2D eigenvalue weighted by molar-refractivity contribution is 5.45. The SMILES string of the molecule is Cc1ccc(C(CO)Nc2ccccc2)cn1. The lowest BCUT2D eigenvalue weighted by Gasteiger charge is -2.17. The number of aliphatic hydroxyl groups is 1. The summed E-state index contributed by atoms with van der Waals surface area (Å²) in [6.45, 7) is 1.99. The fraction of sp³-hybridized carbons (Fsp3) is 0.214. The minimum atomic E-state index is -0.120. The molecule has 0 saturated heterocycles. The second-order valence-electron chi connectivity index (χ2n) is 3.98. The van der Waals surface area contributed by atoms with Gasteiger partial charge in [0.2, 0.25) is 0 Å². The van der Waals surface area contributed by atoms with Crippen LogP contribution in [0.25, 0.3) is 0 Å². The fourth-order valence-electron chi connectivity index (χ4n) is 1.66. The van der Waals surface area contributed by atoms with Gasteiger partial charge in [-0.15, -0.1) is 0 Å². The Kier molecular flexibility index (Phi) is 3.73. The van der Waals surface area contributed by atoms with Crippen molar-refractivity contribution < 1.29 is 5.11 Å². The van der Waals surface area contributed by atoms with E-state index < -0.39 is 0 Å². The molecule has 17 heavy (non-hydrogen) atoms. The van der Waals surface area contributed by atoms with Gasteiger partial charge in [-0.05, 0) is 30.7 Å². The second-order valence-corrected chi connectivity index (χ2v) is 3.98. The van der Waals surface area contributed by atoms with Gasteiger partial charge >= 0.3 is 0 Å². The van der Waals surface area contributed by atoms with Crippen LogP contribution in [-0.2, 0) is 0 Å². The molecule has 1 aromatic heterocycles. The quantitative estimate of drug-likeness (QED) is 0.845. The highest BCUT2D eigenvalue weighted by Crippen LogP contribution is 2.18. The number of benzene rings is 1. The number of anilines is 1. The molecule has 0 aliphatic carbocycles. The Balaban J connectivity index is 2.14. The highest BCUT2D eigenvalue weighted by Gasteiger charge is 2.09. The van der Waals surface area contributed by atoms with E-state index in [1.165, 1.54) is 0 Å². The average Bonchev–Trinajstić information content (AvgIpc) is 2.38. The molecule has 3 nitrogen and oxygen atoms in total. The Hall–Kier alpha value is -1.87. The highest BCUT2D eigenvalue weighted by atomic mass is 16.3. The first-order valence-corrected chi connectivity index (χ1v) is 5.64. The van der Waals surface area contributed by atoms with Gasteiger partial charge < -0.3 is 10.4 Å². The Bertz CT molecular complexity index is 453. The number of nitrogens with one attached hydrogen (secondary N) is 1. The number of hydrogen-bond acceptors (Lipinski definition) is 3. The molecule has 0 bridgehead atoms. The number of aliphatic hydroxyl groups excluding tert-OH is 1. The third-order valence-corrected chi connectivity index (χ3v) is 2.63. The summed E-state index contributed by atoms with van der Waals surface area (Å²) < 4.78 is 0. The summed E-state index contributed by atoms with van der Waals surface area (Å²) in [5.74, 6) is 0. The second kappa shape index (κ2) is 5.46. The van der Waals surface area contributed by atoms with E-state index in [2.05, 4.69) is 10.3 Å². The summed E-state index contributed by atoms with van der Waals surface area (Å²) in [4.78, 5) is 4.24. The zero-order chi connectivity index (χ0) is 12.1. The molecule has 2 rings (SSSR count). The average molecular weight is 228 g/mol. The number of hydrogen-bond donors (Lipinski definition) is 2. The number of rotatable bonds is 4. The number of pyridine rings is 1. The summed E-state index contributed by atoms with van der Waals surface area (Å²) in [7, 11) is 0. The Morgan fingerprint density at radius 1 is 1.18 bits per heavy atom. The van der Waals surface area contributed by atoms with Crippen LogP contribution in [0.15, 0.2) is 48.7 Å². The van der Waals surface area contributed by atoms with Gasteiger partial charge in [-0.2, -0.15) is 0 Å². The zero-order valence-electron chi connectivity index (χ0n) is 9.80. The van der Waals surface area contributed by atoms with Crippen molar-refractivity contribution in [3.63, 3.8) is 0 Å². The molecule has 0 aliphatic rings. The summed E-state index contributed by atoms with van der Waals surface area (Å²) in [6, 6.07) is 13.7. The maximum absolute atomic E-state index is 9.42. The summed E-state index contributed by atoms with van der Waals surface area (Å²) in [6.07, 6.45) is 1.80. The van der Waals surface area contributed by atoms with Crippen molar-refractivity contribution in [2.24, 2.45) is 0 Å². The molecule has 0 amide bonds. The minimum Gasteiger partial charge on any atom is -0.394 e. The third-order valence-electron chi connectivity index (χ3n) is 2.63. The first kappa shape index (κ1) is 11.6. The van der Waals surface area contributed by atoms with Gasteiger partial charge in [0.25, 0.3) is 0 Å². The zero-order valence-corrected chi connectivity index (χ0v) is 9.80. The predicted octanol–water partition coefficient (Wildman–Crippen LogP) is 2.54. The molecule has 0 fully saturated rings. The topological polar surface area (TPSA) is 45.1 Å². The Morgan fingerprint density at radius 3 is 2.53 bits per heavy atom. The summed E-state index contributed by atoms with van der Waals surface area (Å²) in [5.41, 5.74) is 2.96. The smallest absolute Gasteiger partial charge is 0.0759 e. The van der Waals surface area contributed by atoms with Crippen molar-refractivity contribution in [2.75, 3.05) is 11.9 Å². The maximum atomic E-state index is 9.42. The van der Waals surface area contributed by atoms with Gasteiger partial charge in [0.05, 0.1) is 12.6 Å². The lowest BCUT2D eigenvalue weighted by molar-refractivity contribution is 0.276. The maximum Gasteiger partial charge on any atom is 0.0759 e. The van der Waals surface area contributed by atoms with Crippen molar-refractivity contribution in [2.45, 2.75) is 13.0 Å². The monoisotopic (exact) mass is 228 g/mol. The Labute approximate surface area is 101 Å². The van der Waals surface area contributed by atoms with Gasteiger partial charge in [-0.3, -0.25) is 4.98 Å². The predicted molar refractivity (Wildman–Crippen MR) is 68.9 cm³/mol. The van der Waals surface area contributed by atoms with Crippen molar-refractivity contribution in [1.29, 1.82) is 0 Å². The van der Waals surface area contributed by atoms with Crippen molar-refractivity contribution in [3.8, 4) is 0 Å². The van der Waals surface area contributed by atoms with E-state index in [1.54, 1.807) is 6.20 Å². The van der Waals surface area contributed by atoms with Crippen LogP contribution in [0.1, 0.15) is 17.3 Å². The lowest BCUT2D eigenvalue weighted by Crippen LogP contribution is -2.15. The van der Waals surface area contributed by atoms with Crippen LogP contribution in [0, 0.1) is 6.92 Å². The van der Waals surface area contributed by atoms with E-state index in [9.17, 15) is 5.11 Å². The van der Waals surface area contributed by atoms with Crippen LogP contribution in [0.2, 0.25) is 0 Å². The molecule has 1 heterocycles. The molecule has 88 valence electrons. The largest absolute Gasteiger partial charge is 0.394 e. The van der Waals surface area contributed by atoms with Gasteiger partial charge in [-0.25, -0.2) is 0 Å². The molecule has 0 aliphatic heterocycles. The molecular formula is C14H16N2O. The molecule has 1 unspecified atom stereocenters. The number of nitrogens with zero attached hydrogens (tertiary/aromatic N) is 1. The van der Waals surface area contributed by atoms with Crippen molar-refractivity contribution in [3.05, 3.63) is 59.9 Å². The van der Waals surface area contributed by atoms with Crippen molar-refractivity contribution >= 4 is 5.69 Å². The van der Waals surface area contributed by atoms with Crippen LogP contribution in [0.4, 0.5) is 5.69 Å². The summed E-state index contributed by atoms with van der Waals surface area (Å²) >= 11 is 0. The van der Waals surface area contributed by atoms with Crippen LogP contribution in [-0.4, -0.2) is 16.7 Å². The normalized spacial score (nSPS) is 12.1. The molecule has 1 aromatic carbocycles. The third kappa shape index (κ3) is 3.04. The molecule has 1 atom stereocenters. The van der Waals surface area contributed by atoms with Gasteiger partial charge in [-0.1, -0.05) is 24.3 Å². The van der Waals surface area contributed by atoms with E-state index >= 15 is 0 Å². The first-order valence-electron chi connectivity index (χ1n) is 5.64. The molecule has 0 radical (unpaired) electrons. The van der Waals surface area contributed by atoms with Gasteiger partial charge in [0.15, 0.2) is 0 Å². The van der Waals surface area contributed by atoms with Crippen LogP contribution >= 0.6 is 0 Å². The van der Waals surface area contributed by atoms with E-state index in [1.807, 2.05) is 49.4 Å². The van der Waals surface area contributed by atoms with E-state index in [0.717, 1.165) is 16.9 Å². The molecular weight excluding hydrogens is 212 g/mol. The van der Waals surface area contributed by atoms with Gasteiger partial charge in [0, 0.05) is 17.6 Å².